The van der Waals surface area contributed by atoms with Gasteiger partial charge in [0.15, 0.2) is 0 Å². The Labute approximate surface area is 128 Å². The predicted octanol–water partition coefficient (Wildman–Crippen LogP) is 2.77. The van der Waals surface area contributed by atoms with Gasteiger partial charge in [0.25, 0.3) is 5.91 Å². The van der Waals surface area contributed by atoms with Crippen LogP contribution < -0.4 is 4.74 Å². The van der Waals surface area contributed by atoms with Crippen molar-refractivity contribution in [2.75, 3.05) is 13.7 Å². The van der Waals surface area contributed by atoms with Crippen LogP contribution in [0.2, 0.25) is 0 Å². The second kappa shape index (κ2) is 7.17. The number of aryl methyl sites for hydroxylation is 1. The normalized spacial score (nSPS) is 10.4. The highest BCUT2D eigenvalue weighted by atomic mass is 32.1. The zero-order valence-corrected chi connectivity index (χ0v) is 13.3. The van der Waals surface area contributed by atoms with Crippen LogP contribution in [0.25, 0.3) is 0 Å². The molecule has 2 aromatic rings. The summed E-state index contributed by atoms with van der Waals surface area (Å²) in [4.78, 5) is 14.7. The van der Waals surface area contributed by atoms with Crippen LogP contribution >= 0.6 is 11.5 Å². The molecule has 0 bridgehead atoms. The second-order valence-corrected chi connectivity index (χ2v) is 5.39. The largest absolute Gasteiger partial charge is 0.494 e. The van der Waals surface area contributed by atoms with Crippen LogP contribution in [0.4, 0.5) is 0 Å². The Kier molecular flexibility index (Phi) is 5.27. The summed E-state index contributed by atoms with van der Waals surface area (Å²) in [5.74, 6) is 0.811. The number of hydrogen-bond acceptors (Lipinski definition) is 5. The summed E-state index contributed by atoms with van der Waals surface area (Å²) < 4.78 is 9.27. The van der Waals surface area contributed by atoms with Gasteiger partial charge < -0.3 is 9.64 Å². The van der Waals surface area contributed by atoms with Gasteiger partial charge in [-0.3, -0.25) is 4.79 Å². The van der Waals surface area contributed by atoms with Crippen LogP contribution in [-0.4, -0.2) is 34.0 Å². The first-order valence-corrected chi connectivity index (χ1v) is 7.71. The van der Waals surface area contributed by atoms with Gasteiger partial charge in [0.1, 0.15) is 10.6 Å². The Bertz CT molecular complexity index is 595. The van der Waals surface area contributed by atoms with E-state index in [1.807, 2.05) is 38.1 Å². The van der Waals surface area contributed by atoms with Crippen LogP contribution in [-0.2, 0) is 13.0 Å². The van der Waals surface area contributed by atoms with Gasteiger partial charge >= 0.3 is 0 Å². The molecule has 0 atom stereocenters. The zero-order valence-electron chi connectivity index (χ0n) is 12.5. The van der Waals surface area contributed by atoms with Crippen LogP contribution in [0.15, 0.2) is 24.3 Å². The van der Waals surface area contributed by atoms with Gasteiger partial charge in [-0.05, 0) is 42.6 Å². The summed E-state index contributed by atoms with van der Waals surface area (Å²) in [6.07, 6.45) is 0.717. The maximum Gasteiger partial charge on any atom is 0.267 e. The molecule has 0 aliphatic rings. The molecule has 0 N–H and O–H groups in total. The van der Waals surface area contributed by atoms with Gasteiger partial charge in [-0.2, -0.15) is 0 Å². The highest BCUT2D eigenvalue weighted by molar-refractivity contribution is 7.07. The van der Waals surface area contributed by atoms with Gasteiger partial charge in [-0.15, -0.1) is 5.10 Å². The molecule has 0 aliphatic heterocycles. The van der Waals surface area contributed by atoms with Crippen molar-refractivity contribution in [2.45, 2.75) is 26.8 Å². The van der Waals surface area contributed by atoms with E-state index >= 15 is 0 Å². The summed E-state index contributed by atoms with van der Waals surface area (Å²) in [7, 11) is 1.79. The Balaban J connectivity index is 2.03. The van der Waals surface area contributed by atoms with Gasteiger partial charge in [0.2, 0.25) is 0 Å². The second-order valence-electron chi connectivity index (χ2n) is 4.64. The highest BCUT2D eigenvalue weighted by Gasteiger charge is 2.19. The molecule has 0 saturated carbocycles. The molecule has 0 spiro atoms. The lowest BCUT2D eigenvalue weighted by Crippen LogP contribution is -2.26. The fraction of sp³-hybridized carbons (Fsp3) is 0.400. The first-order chi connectivity index (χ1) is 10.2. The fourth-order valence-corrected chi connectivity index (χ4v) is 2.72. The van der Waals surface area contributed by atoms with Gasteiger partial charge in [-0.1, -0.05) is 23.5 Å². The molecule has 2 rings (SSSR count). The molecule has 1 aromatic heterocycles. The predicted molar refractivity (Wildman–Crippen MR) is 82.7 cm³/mol. The van der Waals surface area contributed by atoms with Crippen molar-refractivity contribution in [3.05, 3.63) is 40.4 Å². The zero-order chi connectivity index (χ0) is 15.2. The molecule has 0 aliphatic carbocycles. The van der Waals surface area contributed by atoms with E-state index in [1.165, 1.54) is 0 Å². The third-order valence-corrected chi connectivity index (χ3v) is 3.84. The molecule has 1 heterocycles. The van der Waals surface area contributed by atoms with Crippen molar-refractivity contribution in [3.8, 4) is 5.75 Å². The third-order valence-electron chi connectivity index (χ3n) is 3.09. The molecule has 1 aromatic carbocycles. The number of hydrogen-bond donors (Lipinski definition) is 0. The minimum atomic E-state index is -0.0317. The summed E-state index contributed by atoms with van der Waals surface area (Å²) >= 11 is 1.16. The number of amides is 1. The van der Waals surface area contributed by atoms with Crippen LogP contribution in [0.3, 0.4) is 0 Å². The van der Waals surface area contributed by atoms with E-state index in [1.54, 1.807) is 11.9 Å². The topological polar surface area (TPSA) is 55.3 Å². The summed E-state index contributed by atoms with van der Waals surface area (Å²) in [5.41, 5.74) is 1.83. The van der Waals surface area contributed by atoms with E-state index in [0.29, 0.717) is 24.4 Å². The molecule has 112 valence electrons. The molecule has 5 nitrogen and oxygen atoms in total. The van der Waals surface area contributed by atoms with Crippen molar-refractivity contribution in [1.29, 1.82) is 0 Å². The maximum absolute atomic E-state index is 12.4. The molecule has 0 saturated heterocycles. The molecule has 1 amide bonds. The van der Waals surface area contributed by atoms with E-state index in [4.69, 9.17) is 4.74 Å². The Morgan fingerprint density at radius 2 is 2.00 bits per heavy atom. The standard InChI is InChI=1S/C15H19N3O2S/c1-4-13-14(21-17-16-13)15(19)18(3)10-11-6-8-12(9-7-11)20-5-2/h6-9H,4-5,10H2,1-3H3. The summed E-state index contributed by atoms with van der Waals surface area (Å²) in [5, 5.41) is 3.98. The first-order valence-electron chi connectivity index (χ1n) is 6.94. The average Bonchev–Trinajstić information content (AvgIpc) is 2.97. The van der Waals surface area contributed by atoms with Gasteiger partial charge in [0.05, 0.1) is 12.3 Å². The van der Waals surface area contributed by atoms with Gasteiger partial charge in [-0.25, -0.2) is 0 Å². The molecule has 0 radical (unpaired) electrons. The number of rotatable bonds is 6. The lowest BCUT2D eigenvalue weighted by molar-refractivity contribution is 0.0788. The van der Waals surface area contributed by atoms with Crippen molar-refractivity contribution in [1.82, 2.24) is 14.5 Å². The van der Waals surface area contributed by atoms with E-state index in [9.17, 15) is 4.79 Å². The smallest absolute Gasteiger partial charge is 0.267 e. The number of benzene rings is 1. The number of carbonyl (C=O) groups excluding carboxylic acids is 1. The Morgan fingerprint density at radius 1 is 1.29 bits per heavy atom. The van der Waals surface area contributed by atoms with Crippen LogP contribution in [0, 0.1) is 0 Å². The lowest BCUT2D eigenvalue weighted by atomic mass is 10.2. The highest BCUT2D eigenvalue weighted by Crippen LogP contribution is 2.17. The molecular weight excluding hydrogens is 286 g/mol. The SMILES string of the molecule is CCOc1ccc(CN(C)C(=O)c2snnc2CC)cc1. The molecular formula is C15H19N3O2S. The first kappa shape index (κ1) is 15.4. The van der Waals surface area contributed by atoms with Crippen molar-refractivity contribution < 1.29 is 9.53 Å². The minimum Gasteiger partial charge on any atom is -0.494 e. The quantitative estimate of drug-likeness (QED) is 0.823. The van der Waals surface area contributed by atoms with Crippen LogP contribution in [0.5, 0.6) is 5.75 Å². The van der Waals surface area contributed by atoms with Gasteiger partial charge in [0, 0.05) is 13.6 Å². The Morgan fingerprint density at radius 3 is 2.62 bits per heavy atom. The summed E-state index contributed by atoms with van der Waals surface area (Å²) in [6, 6.07) is 7.78. The minimum absolute atomic E-state index is 0.0317. The number of ether oxygens (including phenoxy) is 1. The van der Waals surface area contributed by atoms with E-state index < -0.39 is 0 Å². The fourth-order valence-electron chi connectivity index (χ4n) is 1.98. The Hall–Kier alpha value is -1.95. The lowest BCUT2D eigenvalue weighted by Gasteiger charge is -2.16. The summed E-state index contributed by atoms with van der Waals surface area (Å²) in [6.45, 7) is 5.12. The van der Waals surface area contributed by atoms with Crippen molar-refractivity contribution in [2.24, 2.45) is 0 Å². The third kappa shape index (κ3) is 3.78. The molecule has 0 unspecified atom stereocenters. The molecule has 6 heteroatoms. The molecule has 0 fully saturated rings. The number of aromatic nitrogens is 2. The van der Waals surface area contributed by atoms with Crippen molar-refractivity contribution in [3.63, 3.8) is 0 Å². The average molecular weight is 305 g/mol. The van der Waals surface area contributed by atoms with Crippen LogP contribution in [0.1, 0.15) is 34.8 Å². The van der Waals surface area contributed by atoms with Crippen molar-refractivity contribution >= 4 is 17.4 Å². The van der Waals surface area contributed by atoms with E-state index in [2.05, 4.69) is 9.59 Å². The molecule has 21 heavy (non-hydrogen) atoms. The monoisotopic (exact) mass is 305 g/mol. The maximum atomic E-state index is 12.4. The van der Waals surface area contributed by atoms with E-state index in [-0.39, 0.29) is 5.91 Å². The van der Waals surface area contributed by atoms with E-state index in [0.717, 1.165) is 28.5 Å². The number of carbonyl (C=O) groups is 1. The number of nitrogens with zero attached hydrogens (tertiary/aromatic N) is 3.